The molecule has 2 N–H and O–H groups in total. The Morgan fingerprint density at radius 1 is 0.882 bits per heavy atom. The van der Waals surface area contributed by atoms with Gasteiger partial charge in [0.1, 0.15) is 0 Å². The fourth-order valence-corrected chi connectivity index (χ4v) is 2.00. The summed E-state index contributed by atoms with van der Waals surface area (Å²) in [6.07, 6.45) is 13.3. The molecule has 0 fully saturated rings. The second-order valence-corrected chi connectivity index (χ2v) is 5.09. The van der Waals surface area contributed by atoms with Gasteiger partial charge in [-0.3, -0.25) is 0 Å². The maximum Gasteiger partial charge on any atom is 0.0547 e. The van der Waals surface area contributed by atoms with Gasteiger partial charge in [-0.1, -0.05) is 51.9 Å². The Balaban J connectivity index is 3.08. The molecule has 1 unspecified atom stereocenters. The van der Waals surface area contributed by atoms with Crippen LogP contribution in [0.25, 0.3) is 0 Å². The zero-order valence-electron chi connectivity index (χ0n) is 12.0. The SMILES string of the molecule is CCCCCCC(C)OCCCCCCCN. The summed E-state index contributed by atoms with van der Waals surface area (Å²) in [5, 5.41) is 0. The zero-order valence-corrected chi connectivity index (χ0v) is 12.0. The minimum absolute atomic E-state index is 0.455. The fraction of sp³-hybridized carbons (Fsp3) is 1.00. The van der Waals surface area contributed by atoms with Gasteiger partial charge >= 0.3 is 0 Å². The van der Waals surface area contributed by atoms with Crippen molar-refractivity contribution in [3.8, 4) is 0 Å². The first-order valence-corrected chi connectivity index (χ1v) is 7.63. The molecular weight excluding hydrogens is 210 g/mol. The van der Waals surface area contributed by atoms with Crippen LogP contribution in [0.4, 0.5) is 0 Å². The van der Waals surface area contributed by atoms with E-state index in [9.17, 15) is 0 Å². The van der Waals surface area contributed by atoms with E-state index in [4.69, 9.17) is 10.5 Å². The molecule has 0 aliphatic carbocycles. The third-order valence-corrected chi connectivity index (χ3v) is 3.22. The van der Waals surface area contributed by atoms with Gasteiger partial charge in [0.2, 0.25) is 0 Å². The van der Waals surface area contributed by atoms with E-state index < -0.39 is 0 Å². The standard InChI is InChI=1S/C15H33NO/c1-3-4-5-9-12-15(2)17-14-11-8-6-7-10-13-16/h15H,3-14,16H2,1-2H3. The van der Waals surface area contributed by atoms with Crippen LogP contribution >= 0.6 is 0 Å². The number of hydrogen-bond acceptors (Lipinski definition) is 2. The van der Waals surface area contributed by atoms with Crippen LogP contribution in [0.3, 0.4) is 0 Å². The van der Waals surface area contributed by atoms with Gasteiger partial charge in [-0.15, -0.1) is 0 Å². The average Bonchev–Trinajstić information content (AvgIpc) is 2.33. The first-order valence-electron chi connectivity index (χ1n) is 7.63. The van der Waals surface area contributed by atoms with E-state index >= 15 is 0 Å². The molecule has 0 radical (unpaired) electrons. The molecule has 104 valence electrons. The second kappa shape index (κ2) is 14.0. The molecule has 0 aromatic carbocycles. The van der Waals surface area contributed by atoms with Crippen LogP contribution in [-0.2, 0) is 4.74 Å². The topological polar surface area (TPSA) is 35.2 Å². The summed E-state index contributed by atoms with van der Waals surface area (Å²) in [7, 11) is 0. The van der Waals surface area contributed by atoms with Crippen molar-refractivity contribution in [3.63, 3.8) is 0 Å². The number of rotatable bonds is 13. The lowest BCUT2D eigenvalue weighted by molar-refractivity contribution is 0.0557. The summed E-state index contributed by atoms with van der Waals surface area (Å²) in [6, 6.07) is 0. The van der Waals surface area contributed by atoms with Crippen molar-refractivity contribution in [2.45, 2.75) is 84.2 Å². The second-order valence-electron chi connectivity index (χ2n) is 5.09. The number of ether oxygens (including phenoxy) is 1. The number of unbranched alkanes of at least 4 members (excludes halogenated alkanes) is 7. The molecule has 0 bridgehead atoms. The van der Waals surface area contributed by atoms with E-state index in [0.717, 1.165) is 13.2 Å². The Bertz CT molecular complexity index is 139. The maximum atomic E-state index is 5.80. The Kier molecular flexibility index (Phi) is 13.9. The van der Waals surface area contributed by atoms with Crippen LogP contribution in [0.5, 0.6) is 0 Å². The summed E-state index contributed by atoms with van der Waals surface area (Å²) in [5.41, 5.74) is 5.45. The minimum Gasteiger partial charge on any atom is -0.379 e. The zero-order chi connectivity index (χ0) is 12.8. The molecule has 0 aromatic heterocycles. The van der Waals surface area contributed by atoms with Crippen LogP contribution in [0.1, 0.15) is 78.1 Å². The molecule has 2 nitrogen and oxygen atoms in total. The monoisotopic (exact) mass is 243 g/mol. The van der Waals surface area contributed by atoms with Crippen LogP contribution in [0.15, 0.2) is 0 Å². The average molecular weight is 243 g/mol. The third-order valence-electron chi connectivity index (χ3n) is 3.22. The lowest BCUT2D eigenvalue weighted by Crippen LogP contribution is -2.09. The third kappa shape index (κ3) is 13.9. The van der Waals surface area contributed by atoms with E-state index in [1.165, 1.54) is 64.2 Å². The predicted octanol–water partition coefficient (Wildman–Crippen LogP) is 4.27. The largest absolute Gasteiger partial charge is 0.379 e. The van der Waals surface area contributed by atoms with Gasteiger partial charge in [0.05, 0.1) is 6.10 Å². The lowest BCUT2D eigenvalue weighted by atomic mass is 10.1. The molecule has 0 saturated heterocycles. The highest BCUT2D eigenvalue weighted by atomic mass is 16.5. The van der Waals surface area contributed by atoms with Gasteiger partial charge in [-0.2, -0.15) is 0 Å². The van der Waals surface area contributed by atoms with Gasteiger partial charge in [-0.05, 0) is 32.7 Å². The summed E-state index contributed by atoms with van der Waals surface area (Å²) in [4.78, 5) is 0. The van der Waals surface area contributed by atoms with Gasteiger partial charge < -0.3 is 10.5 Å². The minimum atomic E-state index is 0.455. The Labute approximate surface area is 108 Å². The van der Waals surface area contributed by atoms with Crippen LogP contribution in [0.2, 0.25) is 0 Å². The Morgan fingerprint density at radius 3 is 2.24 bits per heavy atom. The summed E-state index contributed by atoms with van der Waals surface area (Å²) in [5.74, 6) is 0. The predicted molar refractivity (Wildman–Crippen MR) is 76.3 cm³/mol. The fourth-order valence-electron chi connectivity index (χ4n) is 2.00. The van der Waals surface area contributed by atoms with Gasteiger partial charge in [-0.25, -0.2) is 0 Å². The van der Waals surface area contributed by atoms with Crippen LogP contribution < -0.4 is 5.73 Å². The first-order chi connectivity index (χ1) is 8.31. The number of hydrogen-bond donors (Lipinski definition) is 1. The van der Waals surface area contributed by atoms with Crippen LogP contribution in [0, 0.1) is 0 Å². The Hall–Kier alpha value is -0.0800. The quantitative estimate of drug-likeness (QED) is 0.490. The lowest BCUT2D eigenvalue weighted by Gasteiger charge is -2.12. The van der Waals surface area contributed by atoms with Crippen molar-refractivity contribution in [3.05, 3.63) is 0 Å². The molecule has 0 heterocycles. The van der Waals surface area contributed by atoms with Crippen molar-refractivity contribution in [1.29, 1.82) is 0 Å². The smallest absolute Gasteiger partial charge is 0.0547 e. The highest BCUT2D eigenvalue weighted by Crippen LogP contribution is 2.09. The van der Waals surface area contributed by atoms with Crippen molar-refractivity contribution in [2.75, 3.05) is 13.2 Å². The molecular formula is C15H33NO. The van der Waals surface area contributed by atoms with Crippen molar-refractivity contribution < 1.29 is 4.74 Å². The first kappa shape index (κ1) is 16.9. The van der Waals surface area contributed by atoms with Crippen molar-refractivity contribution >= 4 is 0 Å². The maximum absolute atomic E-state index is 5.80. The van der Waals surface area contributed by atoms with E-state index in [1.54, 1.807) is 0 Å². The summed E-state index contributed by atoms with van der Waals surface area (Å²) >= 11 is 0. The van der Waals surface area contributed by atoms with Crippen molar-refractivity contribution in [1.82, 2.24) is 0 Å². The van der Waals surface area contributed by atoms with E-state index in [0.29, 0.717) is 6.10 Å². The number of nitrogens with two attached hydrogens (primary N) is 1. The van der Waals surface area contributed by atoms with Gasteiger partial charge in [0, 0.05) is 6.61 Å². The van der Waals surface area contributed by atoms with E-state index in [2.05, 4.69) is 13.8 Å². The summed E-state index contributed by atoms with van der Waals surface area (Å²) in [6.45, 7) is 6.24. The molecule has 1 atom stereocenters. The van der Waals surface area contributed by atoms with Crippen LogP contribution in [-0.4, -0.2) is 19.3 Å². The van der Waals surface area contributed by atoms with Gasteiger partial charge in [0.15, 0.2) is 0 Å². The normalized spacial score (nSPS) is 12.9. The van der Waals surface area contributed by atoms with E-state index in [-0.39, 0.29) is 0 Å². The molecule has 0 amide bonds. The molecule has 0 aliphatic rings. The highest BCUT2D eigenvalue weighted by Gasteiger charge is 2.01. The van der Waals surface area contributed by atoms with E-state index in [1.807, 2.05) is 0 Å². The Morgan fingerprint density at radius 2 is 1.53 bits per heavy atom. The molecule has 0 aliphatic heterocycles. The molecule has 0 aromatic rings. The van der Waals surface area contributed by atoms with Gasteiger partial charge in [0.25, 0.3) is 0 Å². The molecule has 0 saturated carbocycles. The molecule has 17 heavy (non-hydrogen) atoms. The van der Waals surface area contributed by atoms with Crippen molar-refractivity contribution in [2.24, 2.45) is 5.73 Å². The molecule has 0 rings (SSSR count). The summed E-state index contributed by atoms with van der Waals surface area (Å²) < 4.78 is 5.80. The molecule has 0 spiro atoms. The highest BCUT2D eigenvalue weighted by molar-refractivity contribution is 4.52. The molecule has 2 heteroatoms.